The van der Waals surface area contributed by atoms with E-state index in [9.17, 15) is 5.11 Å². The van der Waals surface area contributed by atoms with Gasteiger partial charge in [0, 0.05) is 32.7 Å². The number of aliphatic hydroxyl groups excluding tert-OH is 1. The van der Waals surface area contributed by atoms with Gasteiger partial charge < -0.3 is 5.11 Å². The third kappa shape index (κ3) is 6.16. The highest BCUT2D eigenvalue weighted by molar-refractivity contribution is 5.14. The van der Waals surface area contributed by atoms with Crippen LogP contribution in [0.3, 0.4) is 0 Å². The van der Waals surface area contributed by atoms with Gasteiger partial charge in [0.2, 0.25) is 0 Å². The van der Waals surface area contributed by atoms with Crippen LogP contribution in [0.5, 0.6) is 0 Å². The van der Waals surface area contributed by atoms with Gasteiger partial charge in [0.1, 0.15) is 0 Å². The van der Waals surface area contributed by atoms with E-state index >= 15 is 0 Å². The van der Waals surface area contributed by atoms with Gasteiger partial charge in [0.15, 0.2) is 0 Å². The van der Waals surface area contributed by atoms with Gasteiger partial charge in [0.25, 0.3) is 0 Å². The van der Waals surface area contributed by atoms with Crippen molar-refractivity contribution in [2.45, 2.75) is 39.3 Å². The smallest absolute Gasteiger partial charge is 0.0793 e. The number of hydrogen-bond donors (Lipinski definition) is 1. The van der Waals surface area contributed by atoms with Gasteiger partial charge in [-0.1, -0.05) is 44.2 Å². The molecule has 1 N–H and O–H groups in total. The van der Waals surface area contributed by atoms with Crippen LogP contribution in [0.1, 0.15) is 32.3 Å². The second kappa shape index (κ2) is 8.52. The normalized spacial score (nSPS) is 21.6. The van der Waals surface area contributed by atoms with E-state index in [-0.39, 0.29) is 6.10 Å². The Bertz CT molecular complexity index is 393. The van der Waals surface area contributed by atoms with E-state index < -0.39 is 0 Å². The minimum Gasteiger partial charge on any atom is -0.390 e. The van der Waals surface area contributed by atoms with Crippen LogP contribution in [-0.2, 0) is 6.54 Å². The van der Waals surface area contributed by atoms with E-state index in [1.54, 1.807) is 0 Å². The standard InChI is InChI=1S/C18H30N2O/c1-16(2)7-6-10-19-11-12-20(15-18(21)14-19)13-17-8-4-3-5-9-17/h3-5,8-9,16,18,21H,6-7,10-15H2,1-2H3/t18-/m0/s1. The molecule has 118 valence electrons. The van der Waals surface area contributed by atoms with E-state index in [2.05, 4.69) is 54.0 Å². The van der Waals surface area contributed by atoms with Gasteiger partial charge in [-0.15, -0.1) is 0 Å². The van der Waals surface area contributed by atoms with Gasteiger partial charge >= 0.3 is 0 Å². The van der Waals surface area contributed by atoms with Gasteiger partial charge in [-0.05, 0) is 30.9 Å². The van der Waals surface area contributed by atoms with Crippen LogP contribution in [0.2, 0.25) is 0 Å². The van der Waals surface area contributed by atoms with Gasteiger partial charge in [-0.2, -0.15) is 0 Å². The molecule has 1 aliphatic heterocycles. The summed E-state index contributed by atoms with van der Waals surface area (Å²) in [6.45, 7) is 10.3. The molecule has 0 bridgehead atoms. The molecule has 3 heteroatoms. The molecule has 21 heavy (non-hydrogen) atoms. The van der Waals surface area contributed by atoms with Crippen molar-refractivity contribution in [3.8, 4) is 0 Å². The lowest BCUT2D eigenvalue weighted by Crippen LogP contribution is -2.33. The molecule has 0 radical (unpaired) electrons. The molecule has 1 saturated heterocycles. The van der Waals surface area contributed by atoms with Crippen LogP contribution in [0.25, 0.3) is 0 Å². The predicted molar refractivity (Wildman–Crippen MR) is 88.2 cm³/mol. The van der Waals surface area contributed by atoms with Crippen LogP contribution in [0, 0.1) is 5.92 Å². The van der Waals surface area contributed by atoms with Gasteiger partial charge in [0.05, 0.1) is 6.10 Å². The highest BCUT2D eigenvalue weighted by Gasteiger charge is 2.20. The van der Waals surface area contributed by atoms with Crippen molar-refractivity contribution < 1.29 is 5.11 Å². The Kier molecular flexibility index (Phi) is 6.68. The molecule has 0 aromatic heterocycles. The topological polar surface area (TPSA) is 26.7 Å². The van der Waals surface area contributed by atoms with Crippen LogP contribution in [-0.4, -0.2) is 53.7 Å². The third-order valence-electron chi connectivity index (χ3n) is 4.18. The third-order valence-corrected chi connectivity index (χ3v) is 4.18. The summed E-state index contributed by atoms with van der Waals surface area (Å²) in [5, 5.41) is 10.2. The minimum atomic E-state index is -0.227. The lowest BCUT2D eigenvalue weighted by molar-refractivity contribution is 0.107. The van der Waals surface area contributed by atoms with Crippen molar-refractivity contribution >= 4 is 0 Å². The molecule has 0 unspecified atom stereocenters. The molecule has 0 amide bonds. The summed E-state index contributed by atoms with van der Waals surface area (Å²) in [7, 11) is 0. The average Bonchev–Trinajstić information content (AvgIpc) is 2.61. The van der Waals surface area contributed by atoms with Crippen molar-refractivity contribution in [2.75, 3.05) is 32.7 Å². The fourth-order valence-electron chi connectivity index (χ4n) is 3.03. The number of hydrogen-bond acceptors (Lipinski definition) is 3. The average molecular weight is 290 g/mol. The first kappa shape index (κ1) is 16.5. The zero-order valence-corrected chi connectivity index (χ0v) is 13.5. The van der Waals surface area contributed by atoms with Crippen molar-refractivity contribution in [2.24, 2.45) is 5.92 Å². The van der Waals surface area contributed by atoms with Crippen LogP contribution < -0.4 is 0 Å². The molecule has 1 aromatic carbocycles. The van der Waals surface area contributed by atoms with Crippen LogP contribution >= 0.6 is 0 Å². The monoisotopic (exact) mass is 290 g/mol. The van der Waals surface area contributed by atoms with Crippen LogP contribution in [0.15, 0.2) is 30.3 Å². The van der Waals surface area contributed by atoms with E-state index in [0.717, 1.165) is 45.2 Å². The molecule has 0 spiro atoms. The summed E-state index contributed by atoms with van der Waals surface area (Å²) in [4.78, 5) is 4.81. The van der Waals surface area contributed by atoms with Crippen LogP contribution in [0.4, 0.5) is 0 Å². The SMILES string of the molecule is CC(C)CCCN1CCN(Cc2ccccc2)C[C@@H](O)C1. The summed E-state index contributed by atoms with van der Waals surface area (Å²) < 4.78 is 0. The van der Waals surface area contributed by atoms with Gasteiger partial charge in [-0.25, -0.2) is 0 Å². The second-order valence-corrected chi connectivity index (χ2v) is 6.71. The van der Waals surface area contributed by atoms with Crippen molar-refractivity contribution in [1.82, 2.24) is 9.80 Å². The van der Waals surface area contributed by atoms with E-state index in [1.165, 1.54) is 18.4 Å². The van der Waals surface area contributed by atoms with Crippen molar-refractivity contribution in [1.29, 1.82) is 0 Å². The molecule has 0 saturated carbocycles. The molecule has 0 aliphatic carbocycles. The highest BCUT2D eigenvalue weighted by Crippen LogP contribution is 2.11. The Labute approximate surface area is 129 Å². The number of nitrogens with zero attached hydrogens (tertiary/aromatic N) is 2. The van der Waals surface area contributed by atoms with E-state index in [1.807, 2.05) is 0 Å². The second-order valence-electron chi connectivity index (χ2n) is 6.71. The Morgan fingerprint density at radius 1 is 1.10 bits per heavy atom. The maximum atomic E-state index is 10.2. The van der Waals surface area contributed by atoms with Crippen molar-refractivity contribution in [3.05, 3.63) is 35.9 Å². The van der Waals surface area contributed by atoms with Crippen molar-refractivity contribution in [3.63, 3.8) is 0 Å². The van der Waals surface area contributed by atoms with Gasteiger partial charge in [-0.3, -0.25) is 9.80 Å². The Balaban J connectivity index is 1.80. The largest absolute Gasteiger partial charge is 0.390 e. The molecule has 1 aromatic rings. The first-order valence-corrected chi connectivity index (χ1v) is 8.30. The molecule has 3 nitrogen and oxygen atoms in total. The summed E-state index contributed by atoms with van der Waals surface area (Å²) in [6, 6.07) is 10.6. The fourth-order valence-corrected chi connectivity index (χ4v) is 3.03. The van der Waals surface area contributed by atoms with E-state index in [4.69, 9.17) is 0 Å². The lowest BCUT2D eigenvalue weighted by atomic mass is 10.1. The fraction of sp³-hybridized carbons (Fsp3) is 0.667. The first-order valence-electron chi connectivity index (χ1n) is 8.30. The molecular weight excluding hydrogens is 260 g/mol. The molecular formula is C18H30N2O. The molecule has 1 fully saturated rings. The number of benzene rings is 1. The summed E-state index contributed by atoms with van der Waals surface area (Å²) in [6.07, 6.45) is 2.29. The number of aliphatic hydroxyl groups is 1. The summed E-state index contributed by atoms with van der Waals surface area (Å²) in [5.74, 6) is 0.775. The lowest BCUT2D eigenvalue weighted by Gasteiger charge is -2.21. The highest BCUT2D eigenvalue weighted by atomic mass is 16.3. The molecule has 1 atom stereocenters. The maximum absolute atomic E-state index is 10.2. The molecule has 1 heterocycles. The Hall–Kier alpha value is -0.900. The number of β-amino-alcohol motifs (C(OH)–C–C–N with tert-alkyl or cyclic N) is 1. The predicted octanol–water partition coefficient (Wildman–Crippen LogP) is 2.60. The number of rotatable bonds is 6. The first-order chi connectivity index (χ1) is 10.1. The Morgan fingerprint density at radius 3 is 2.48 bits per heavy atom. The summed E-state index contributed by atoms with van der Waals surface area (Å²) >= 11 is 0. The summed E-state index contributed by atoms with van der Waals surface area (Å²) in [5.41, 5.74) is 1.33. The quantitative estimate of drug-likeness (QED) is 0.872. The van der Waals surface area contributed by atoms with E-state index in [0.29, 0.717) is 0 Å². The maximum Gasteiger partial charge on any atom is 0.0793 e. The Morgan fingerprint density at radius 2 is 1.76 bits per heavy atom. The zero-order valence-electron chi connectivity index (χ0n) is 13.5. The molecule has 1 aliphatic rings. The molecule has 2 rings (SSSR count). The zero-order chi connectivity index (χ0) is 15.1. The minimum absolute atomic E-state index is 0.227.